The van der Waals surface area contributed by atoms with E-state index in [2.05, 4.69) is 15.5 Å². The first-order valence-electron chi connectivity index (χ1n) is 10.3. The Balaban J connectivity index is 1.98. The summed E-state index contributed by atoms with van der Waals surface area (Å²) in [7, 11) is -4.11. The van der Waals surface area contributed by atoms with Crippen molar-refractivity contribution in [2.24, 2.45) is 0 Å². The summed E-state index contributed by atoms with van der Waals surface area (Å²) in [5.74, 6) is -0.764. The molecule has 1 N–H and O–H groups in total. The third-order valence-electron chi connectivity index (χ3n) is 5.32. The average Bonchev–Trinajstić information content (AvgIpc) is 3.38. The lowest BCUT2D eigenvalue weighted by Crippen LogP contribution is -2.46. The lowest BCUT2D eigenvalue weighted by atomic mass is 10.1. The Bertz CT molecular complexity index is 1310. The van der Waals surface area contributed by atoms with E-state index in [1.807, 2.05) is 0 Å². The maximum Gasteiger partial charge on any atom is 0.264 e. The van der Waals surface area contributed by atoms with E-state index in [1.54, 1.807) is 43.5 Å². The molecule has 0 radical (unpaired) electrons. The van der Waals surface area contributed by atoms with E-state index in [4.69, 9.17) is 11.6 Å². The molecule has 1 aliphatic heterocycles. The van der Waals surface area contributed by atoms with Crippen LogP contribution in [0.3, 0.4) is 0 Å². The molecule has 2 heterocycles. The van der Waals surface area contributed by atoms with Gasteiger partial charge in [-0.05, 0) is 45.4 Å². The number of carbonyl (C=O) groups is 1. The average molecular weight is 492 g/mol. The van der Waals surface area contributed by atoms with Gasteiger partial charge in [-0.25, -0.2) is 12.8 Å². The van der Waals surface area contributed by atoms with Gasteiger partial charge >= 0.3 is 0 Å². The molecule has 33 heavy (non-hydrogen) atoms. The Morgan fingerprint density at radius 3 is 2.52 bits per heavy atom. The van der Waals surface area contributed by atoms with Crippen LogP contribution in [0.25, 0.3) is 11.4 Å². The van der Waals surface area contributed by atoms with E-state index in [0.29, 0.717) is 13.0 Å². The molecule has 0 saturated carbocycles. The molecule has 3 aromatic rings. The van der Waals surface area contributed by atoms with Gasteiger partial charge in [-0.2, -0.15) is 0 Å². The molecule has 1 saturated heterocycles. The second kappa shape index (κ2) is 8.42. The van der Waals surface area contributed by atoms with Gasteiger partial charge in [0.05, 0.1) is 15.6 Å². The molecule has 1 fully saturated rings. The maximum absolute atomic E-state index is 14.7. The molecule has 1 aliphatic rings. The normalized spacial score (nSPS) is 16.6. The van der Waals surface area contributed by atoms with Crippen LogP contribution < -0.4 is 9.62 Å². The van der Waals surface area contributed by atoms with Crippen LogP contribution in [0.4, 0.5) is 10.1 Å². The molecule has 11 heteroatoms. The fourth-order valence-corrected chi connectivity index (χ4v) is 5.95. The Morgan fingerprint density at radius 2 is 1.91 bits per heavy atom. The molecule has 2 aromatic carbocycles. The van der Waals surface area contributed by atoms with Crippen LogP contribution in [0.1, 0.15) is 33.2 Å². The number of benzene rings is 2. The van der Waals surface area contributed by atoms with Gasteiger partial charge in [0, 0.05) is 23.7 Å². The molecule has 174 valence electrons. The zero-order valence-corrected chi connectivity index (χ0v) is 19.9. The summed E-state index contributed by atoms with van der Waals surface area (Å²) in [5.41, 5.74) is -0.701. The second-order valence-corrected chi connectivity index (χ2v) is 10.9. The summed E-state index contributed by atoms with van der Waals surface area (Å²) in [4.78, 5) is 12.4. The highest BCUT2D eigenvalue weighted by Gasteiger charge is 2.38. The van der Waals surface area contributed by atoms with Crippen molar-refractivity contribution in [2.45, 2.75) is 43.7 Å². The van der Waals surface area contributed by atoms with Gasteiger partial charge in [0.15, 0.2) is 5.82 Å². The number of hydrogen-bond donors (Lipinski definition) is 1. The third-order valence-corrected chi connectivity index (χ3v) is 7.70. The molecular formula is C22H23ClFN5O3S. The van der Waals surface area contributed by atoms with Crippen molar-refractivity contribution in [3.8, 4) is 11.4 Å². The minimum Gasteiger partial charge on any atom is -0.354 e. The number of sulfonamides is 1. The van der Waals surface area contributed by atoms with Crippen LogP contribution in [0.5, 0.6) is 0 Å². The van der Waals surface area contributed by atoms with Crippen LogP contribution in [0.2, 0.25) is 5.02 Å². The number of amides is 1. The smallest absolute Gasteiger partial charge is 0.264 e. The summed E-state index contributed by atoms with van der Waals surface area (Å²) in [6, 6.07) is 9.73. The van der Waals surface area contributed by atoms with Gasteiger partial charge in [-0.15, -0.1) is 10.2 Å². The van der Waals surface area contributed by atoms with Crippen molar-refractivity contribution in [2.75, 3.05) is 10.8 Å². The number of hydrogen-bond acceptors (Lipinski definition) is 5. The molecule has 8 nitrogen and oxygen atoms in total. The van der Waals surface area contributed by atoms with Crippen molar-refractivity contribution in [1.29, 1.82) is 0 Å². The molecule has 0 unspecified atom stereocenters. The van der Waals surface area contributed by atoms with Crippen LogP contribution in [-0.2, 0) is 14.8 Å². The Morgan fingerprint density at radius 1 is 1.21 bits per heavy atom. The highest BCUT2D eigenvalue weighted by atomic mass is 35.5. The van der Waals surface area contributed by atoms with Crippen LogP contribution in [-0.4, -0.2) is 41.2 Å². The van der Waals surface area contributed by atoms with Gasteiger partial charge in [0.25, 0.3) is 10.0 Å². The van der Waals surface area contributed by atoms with Gasteiger partial charge in [0.2, 0.25) is 5.91 Å². The lowest BCUT2D eigenvalue weighted by Gasteiger charge is -2.37. The summed E-state index contributed by atoms with van der Waals surface area (Å²) in [5, 5.41) is 10.6. The minimum absolute atomic E-state index is 0.0425. The first kappa shape index (κ1) is 23.2. The molecule has 0 bridgehead atoms. The quantitative estimate of drug-likeness (QED) is 0.585. The number of rotatable bonds is 5. The lowest BCUT2D eigenvalue weighted by molar-refractivity contribution is -0.121. The van der Waals surface area contributed by atoms with Gasteiger partial charge < -0.3 is 9.88 Å². The van der Waals surface area contributed by atoms with Crippen LogP contribution >= 0.6 is 11.6 Å². The van der Waals surface area contributed by atoms with E-state index < -0.39 is 27.4 Å². The number of nitrogens with zero attached hydrogens (tertiary/aromatic N) is 4. The molecule has 1 atom stereocenters. The first-order chi connectivity index (χ1) is 15.5. The van der Waals surface area contributed by atoms with E-state index in [9.17, 15) is 17.6 Å². The molecule has 1 aromatic heterocycles. The number of nitrogens with one attached hydrogen (secondary N) is 1. The first-order valence-corrected chi connectivity index (χ1v) is 12.1. The molecule has 1 amide bonds. The van der Waals surface area contributed by atoms with Crippen molar-refractivity contribution in [3.63, 3.8) is 0 Å². The highest BCUT2D eigenvalue weighted by Crippen LogP contribution is 2.41. The Hall–Kier alpha value is -2.98. The maximum atomic E-state index is 14.7. The predicted octanol–water partition coefficient (Wildman–Crippen LogP) is 3.79. The predicted molar refractivity (Wildman–Crippen MR) is 123 cm³/mol. The van der Waals surface area contributed by atoms with Crippen LogP contribution in [0, 0.1) is 5.82 Å². The van der Waals surface area contributed by atoms with E-state index in [1.165, 1.54) is 24.5 Å². The van der Waals surface area contributed by atoms with Gasteiger partial charge in [0.1, 0.15) is 18.2 Å². The summed E-state index contributed by atoms with van der Waals surface area (Å²) in [6.07, 6.45) is 1.92. The summed E-state index contributed by atoms with van der Waals surface area (Å²) in [6.45, 7) is 5.62. The van der Waals surface area contributed by atoms with Crippen molar-refractivity contribution < 1.29 is 17.6 Å². The monoisotopic (exact) mass is 491 g/mol. The second-order valence-electron chi connectivity index (χ2n) is 8.69. The van der Waals surface area contributed by atoms with Crippen molar-refractivity contribution in [1.82, 2.24) is 20.1 Å². The number of carbonyl (C=O) groups excluding carboxylic acids is 1. The number of halogens is 2. The van der Waals surface area contributed by atoms with Crippen molar-refractivity contribution >= 4 is 33.2 Å². The zero-order chi connectivity index (χ0) is 24.0. The zero-order valence-electron chi connectivity index (χ0n) is 18.3. The van der Waals surface area contributed by atoms with E-state index >= 15 is 0 Å². The topological polar surface area (TPSA) is 97.2 Å². The third kappa shape index (κ3) is 4.20. The Kier molecular flexibility index (Phi) is 5.92. The largest absolute Gasteiger partial charge is 0.354 e. The molecule has 0 spiro atoms. The summed E-state index contributed by atoms with van der Waals surface area (Å²) < 4.78 is 45.0. The highest BCUT2D eigenvalue weighted by molar-refractivity contribution is 7.93. The molecular weight excluding hydrogens is 469 g/mol. The summed E-state index contributed by atoms with van der Waals surface area (Å²) >= 11 is 6.11. The minimum atomic E-state index is -4.11. The van der Waals surface area contributed by atoms with Gasteiger partial charge in [-0.3, -0.25) is 9.10 Å². The number of aromatic nitrogens is 3. The van der Waals surface area contributed by atoms with Crippen molar-refractivity contribution in [3.05, 3.63) is 59.6 Å². The van der Waals surface area contributed by atoms with E-state index in [0.717, 1.165) is 10.4 Å². The number of anilines is 1. The Labute approximate surface area is 196 Å². The van der Waals surface area contributed by atoms with E-state index in [-0.39, 0.29) is 32.9 Å². The fraction of sp³-hybridized carbons (Fsp3) is 0.318. The van der Waals surface area contributed by atoms with Crippen LogP contribution in [0.15, 0.2) is 53.7 Å². The SMILES string of the molecule is CC(C)(C)N(c1cc(F)c(Cl)cc1-c1nncn1[C@H]1CCNC1=O)S(=O)(=O)c1ccccc1. The van der Waals surface area contributed by atoms with Gasteiger partial charge in [-0.1, -0.05) is 29.8 Å². The standard InChI is InChI=1S/C22H23ClFN5O3S/c1-22(2,3)29(33(31,32)14-7-5-4-6-8-14)19-12-17(24)16(23)11-15(19)20-27-26-13-28(20)18-9-10-25-21(18)30/h4-8,11-13,18H,9-10H2,1-3H3,(H,25,30)/t18-/m0/s1. The molecule has 4 rings (SSSR count). The fourth-order valence-electron chi connectivity index (χ4n) is 3.94. The molecule has 0 aliphatic carbocycles.